The highest BCUT2D eigenvalue weighted by Gasteiger charge is 2.16. The average molecular weight is 250 g/mol. The van der Waals surface area contributed by atoms with Gasteiger partial charge in [0.15, 0.2) is 0 Å². The van der Waals surface area contributed by atoms with Crippen molar-refractivity contribution in [3.63, 3.8) is 0 Å². The van der Waals surface area contributed by atoms with Crippen molar-refractivity contribution in [1.29, 1.82) is 0 Å². The average Bonchev–Trinajstić information content (AvgIpc) is 2.27. The molecule has 1 aromatic carbocycles. The fourth-order valence-electron chi connectivity index (χ4n) is 1.92. The molecule has 0 bridgehead atoms. The van der Waals surface area contributed by atoms with Crippen LogP contribution >= 0.6 is 0 Å². The molecule has 1 heterocycles. The molecule has 0 atom stereocenters. The Morgan fingerprint density at radius 2 is 2.17 bits per heavy atom. The second-order valence-electron chi connectivity index (χ2n) is 3.85. The zero-order valence-corrected chi connectivity index (χ0v) is 9.61. The quantitative estimate of drug-likeness (QED) is 0.790. The molecule has 0 spiro atoms. The van der Waals surface area contributed by atoms with Crippen molar-refractivity contribution in [3.05, 3.63) is 39.9 Å². The first-order valence-corrected chi connectivity index (χ1v) is 5.31. The van der Waals surface area contributed by atoms with E-state index in [0.717, 1.165) is 6.07 Å². The third-order valence-electron chi connectivity index (χ3n) is 2.75. The lowest BCUT2D eigenvalue weighted by atomic mass is 10.1. The third kappa shape index (κ3) is 1.71. The molecule has 0 saturated heterocycles. The van der Waals surface area contributed by atoms with Crippen LogP contribution in [0.3, 0.4) is 0 Å². The fourth-order valence-corrected chi connectivity index (χ4v) is 1.92. The first-order valence-electron chi connectivity index (χ1n) is 5.31. The van der Waals surface area contributed by atoms with E-state index in [9.17, 15) is 14.0 Å². The minimum atomic E-state index is -1.33. The molecule has 0 amide bonds. The highest BCUT2D eigenvalue weighted by molar-refractivity contribution is 5.97. The Labute approximate surface area is 101 Å². The number of halogens is 1. The van der Waals surface area contributed by atoms with E-state index in [4.69, 9.17) is 10.8 Å². The lowest BCUT2D eigenvalue weighted by molar-refractivity contribution is 0.0695. The molecular weight excluding hydrogens is 239 g/mol. The number of hydrogen-bond donors (Lipinski definition) is 2. The topological polar surface area (TPSA) is 85.3 Å². The number of carboxylic acids is 1. The second kappa shape index (κ2) is 4.14. The number of benzene rings is 1. The van der Waals surface area contributed by atoms with Crippen molar-refractivity contribution in [2.24, 2.45) is 0 Å². The SMILES string of the molecule is CCn1cc(C(=O)O)c(=O)c2c(N)cc(F)cc21. The Bertz CT molecular complexity index is 707. The number of aromatic nitrogens is 1. The predicted octanol–water partition coefficient (Wildman–Crippen LogP) is 1.44. The van der Waals surface area contributed by atoms with Crippen LogP contribution < -0.4 is 11.2 Å². The standard InChI is InChI=1S/C12H11FN2O3/c1-2-15-5-7(12(17)18)11(16)10-8(14)3-6(13)4-9(10)15/h3-5H,2,14H2,1H3,(H,17,18). The summed E-state index contributed by atoms with van der Waals surface area (Å²) in [7, 11) is 0. The van der Waals surface area contributed by atoms with Gasteiger partial charge in [0.25, 0.3) is 0 Å². The van der Waals surface area contributed by atoms with Crippen molar-refractivity contribution in [1.82, 2.24) is 4.57 Å². The summed E-state index contributed by atoms with van der Waals surface area (Å²) < 4.78 is 14.8. The number of aromatic carboxylic acids is 1. The van der Waals surface area contributed by atoms with Gasteiger partial charge in [-0.25, -0.2) is 9.18 Å². The van der Waals surface area contributed by atoms with Crippen LogP contribution in [-0.2, 0) is 6.54 Å². The van der Waals surface area contributed by atoms with Crippen molar-refractivity contribution in [2.45, 2.75) is 13.5 Å². The number of aryl methyl sites for hydroxylation is 1. The smallest absolute Gasteiger partial charge is 0.341 e. The molecule has 0 fully saturated rings. The van der Waals surface area contributed by atoms with E-state index in [1.807, 2.05) is 0 Å². The Balaban J connectivity index is 3.04. The van der Waals surface area contributed by atoms with Gasteiger partial charge < -0.3 is 15.4 Å². The summed E-state index contributed by atoms with van der Waals surface area (Å²) in [6.45, 7) is 2.16. The zero-order chi connectivity index (χ0) is 13.4. The van der Waals surface area contributed by atoms with E-state index in [1.165, 1.54) is 16.8 Å². The maximum atomic E-state index is 13.3. The number of rotatable bonds is 2. The van der Waals surface area contributed by atoms with Crippen LogP contribution in [0, 0.1) is 5.82 Å². The first kappa shape index (κ1) is 12.1. The minimum Gasteiger partial charge on any atom is -0.477 e. The van der Waals surface area contributed by atoms with E-state index in [0.29, 0.717) is 12.1 Å². The molecule has 5 nitrogen and oxygen atoms in total. The van der Waals surface area contributed by atoms with E-state index in [1.54, 1.807) is 6.92 Å². The van der Waals surface area contributed by atoms with Crippen molar-refractivity contribution in [3.8, 4) is 0 Å². The Kier molecular flexibility index (Phi) is 2.78. The first-order chi connectivity index (χ1) is 8.45. The van der Waals surface area contributed by atoms with Crippen molar-refractivity contribution in [2.75, 3.05) is 5.73 Å². The van der Waals surface area contributed by atoms with E-state index in [2.05, 4.69) is 0 Å². The molecule has 2 aromatic rings. The lowest BCUT2D eigenvalue weighted by Gasteiger charge is -2.11. The Hall–Kier alpha value is -2.37. The molecule has 94 valence electrons. The predicted molar refractivity (Wildman–Crippen MR) is 65.2 cm³/mol. The van der Waals surface area contributed by atoms with Crippen LogP contribution in [0.25, 0.3) is 10.9 Å². The summed E-state index contributed by atoms with van der Waals surface area (Å²) in [6.07, 6.45) is 1.20. The zero-order valence-electron chi connectivity index (χ0n) is 9.61. The maximum absolute atomic E-state index is 13.3. The molecule has 0 aliphatic rings. The molecule has 2 rings (SSSR count). The summed E-state index contributed by atoms with van der Waals surface area (Å²) in [5, 5.41) is 9.00. The van der Waals surface area contributed by atoms with E-state index < -0.39 is 17.2 Å². The van der Waals surface area contributed by atoms with Gasteiger partial charge >= 0.3 is 5.97 Å². The molecule has 18 heavy (non-hydrogen) atoms. The number of nitrogen functional groups attached to an aromatic ring is 1. The van der Waals surface area contributed by atoms with Gasteiger partial charge in [-0.1, -0.05) is 0 Å². The molecule has 0 aliphatic heterocycles. The van der Waals surface area contributed by atoms with E-state index in [-0.39, 0.29) is 16.6 Å². The summed E-state index contributed by atoms with van der Waals surface area (Å²) in [5.41, 5.74) is 4.78. The normalized spacial score (nSPS) is 10.8. The summed E-state index contributed by atoms with van der Waals surface area (Å²) in [6, 6.07) is 2.18. The Morgan fingerprint density at radius 1 is 1.50 bits per heavy atom. The fraction of sp³-hybridized carbons (Fsp3) is 0.167. The largest absolute Gasteiger partial charge is 0.477 e. The summed E-state index contributed by atoms with van der Waals surface area (Å²) in [4.78, 5) is 23.0. The molecule has 0 radical (unpaired) electrons. The van der Waals surface area contributed by atoms with Gasteiger partial charge in [0.2, 0.25) is 5.43 Å². The number of pyridine rings is 1. The number of hydrogen-bond acceptors (Lipinski definition) is 3. The molecule has 6 heteroatoms. The van der Waals surface area contributed by atoms with Gasteiger partial charge in [0, 0.05) is 18.4 Å². The molecule has 0 aliphatic carbocycles. The lowest BCUT2D eigenvalue weighted by Crippen LogP contribution is -2.19. The van der Waals surface area contributed by atoms with Crippen LogP contribution in [0.1, 0.15) is 17.3 Å². The number of nitrogens with two attached hydrogens (primary N) is 1. The minimum absolute atomic E-state index is 0.0400. The van der Waals surface area contributed by atoms with Gasteiger partial charge in [-0.2, -0.15) is 0 Å². The Morgan fingerprint density at radius 3 is 2.72 bits per heavy atom. The van der Waals surface area contributed by atoms with Crippen LogP contribution in [0.5, 0.6) is 0 Å². The number of fused-ring (bicyclic) bond motifs is 1. The number of carboxylic acid groups (broad SMARTS) is 1. The van der Waals surface area contributed by atoms with Crippen LogP contribution in [0.15, 0.2) is 23.1 Å². The van der Waals surface area contributed by atoms with Gasteiger partial charge in [-0.05, 0) is 19.1 Å². The molecule has 1 aromatic heterocycles. The van der Waals surface area contributed by atoms with Gasteiger partial charge in [0.05, 0.1) is 10.9 Å². The number of carbonyl (C=O) groups is 1. The second-order valence-corrected chi connectivity index (χ2v) is 3.85. The molecule has 0 saturated carbocycles. The summed E-state index contributed by atoms with van der Waals surface area (Å²) in [5.74, 6) is -1.89. The maximum Gasteiger partial charge on any atom is 0.341 e. The number of anilines is 1. The third-order valence-corrected chi connectivity index (χ3v) is 2.75. The van der Waals surface area contributed by atoms with E-state index >= 15 is 0 Å². The number of nitrogens with zero attached hydrogens (tertiary/aromatic N) is 1. The van der Waals surface area contributed by atoms with Crippen molar-refractivity contribution < 1.29 is 14.3 Å². The summed E-state index contributed by atoms with van der Waals surface area (Å²) >= 11 is 0. The van der Waals surface area contributed by atoms with Gasteiger partial charge in [0.1, 0.15) is 11.4 Å². The molecular formula is C12H11FN2O3. The van der Waals surface area contributed by atoms with Gasteiger partial charge in [-0.3, -0.25) is 4.79 Å². The van der Waals surface area contributed by atoms with Crippen LogP contribution in [0.4, 0.5) is 10.1 Å². The van der Waals surface area contributed by atoms with Gasteiger partial charge in [-0.15, -0.1) is 0 Å². The van der Waals surface area contributed by atoms with Crippen LogP contribution in [0.2, 0.25) is 0 Å². The monoisotopic (exact) mass is 250 g/mol. The molecule has 0 unspecified atom stereocenters. The molecule has 3 N–H and O–H groups in total. The highest BCUT2D eigenvalue weighted by Crippen LogP contribution is 2.20. The van der Waals surface area contributed by atoms with Crippen LogP contribution in [-0.4, -0.2) is 15.6 Å². The van der Waals surface area contributed by atoms with Crippen molar-refractivity contribution >= 4 is 22.6 Å². The highest BCUT2D eigenvalue weighted by atomic mass is 19.1.